The lowest BCUT2D eigenvalue weighted by atomic mass is 9.96. The second-order valence-corrected chi connectivity index (χ2v) is 34.1. The molecule has 11 rings (SSSR count). The van der Waals surface area contributed by atoms with Crippen molar-refractivity contribution >= 4 is 109 Å². The van der Waals surface area contributed by atoms with E-state index in [0.717, 1.165) is 47.7 Å². The summed E-state index contributed by atoms with van der Waals surface area (Å²) in [6, 6.07) is 46.8. The van der Waals surface area contributed by atoms with Crippen LogP contribution in [0, 0.1) is 17.2 Å². The van der Waals surface area contributed by atoms with Crippen molar-refractivity contribution in [1.29, 1.82) is 5.41 Å². The lowest BCUT2D eigenvalue weighted by molar-refractivity contribution is -0.147. The smallest absolute Gasteiger partial charge is 0.464 e. The zero-order valence-corrected chi connectivity index (χ0v) is 74.9. The minimum Gasteiger partial charge on any atom is -0.464 e. The number of ether oxygens (including phenoxy) is 4. The molecule has 9 aromatic rings. The van der Waals surface area contributed by atoms with Gasteiger partial charge in [-0.05, 0) is 90.9 Å². The first kappa shape index (κ1) is 98.8. The second-order valence-electron chi connectivity index (χ2n) is 27.4. The third-order valence-corrected chi connectivity index (χ3v) is 24.9. The number of fused-ring (bicyclic) bond motifs is 2. The van der Waals surface area contributed by atoms with Gasteiger partial charge in [0.25, 0.3) is 0 Å². The number of carbonyl (C=O) groups excluding carboxylic acids is 2. The second kappa shape index (κ2) is 47.5. The van der Waals surface area contributed by atoms with Crippen LogP contribution < -0.4 is 30.4 Å². The standard InChI is InChI=1S/C35H46FN5O12P2.C27H37FN5O8P.C15H16ClO4P.I2/c1-4-25(5-2)18-48-34(44)24(3)39-54(45,53-27-14-10-7-11-15-27)50-21-35(20-36)32(43)30(42)31(52-35)28-16-17-29-33(37)40(22-38-41(28)29)23-51-55(46,47)49-19-26-12-8-6-9-13-26;1-4-18(5-2)13-38-26(36)17(3)32-42(37,41-19-9-7-6-8-10-19)39-15-27(14-28)24(35)22(34)23(40-27)20-11-12-21-25(29)30-16-31-33(20)21;16-13-20-21(17,18-11-14-7-3-1-4-8-14)19-12-15-9-5-2-6-10-15;1-2/h6-17,22,24-25,30-32,37,42-43H,4-5,18-21,23H2,1-3H3,(H,39,45)(H,46,47);6-12,16-18,22-24,34-35H,4-5,13-15H2,1-3H3,(H,32,37)(H2,29,30,31);1-10H,11-13H2;/t24-,30-,31-,32-,35+,54-;17-,22-,23-,24-,27+,42-;;/m00../s1. The van der Waals surface area contributed by atoms with Gasteiger partial charge in [0.15, 0.2) is 11.3 Å². The van der Waals surface area contributed by atoms with Crippen molar-refractivity contribution in [2.24, 2.45) is 11.8 Å². The van der Waals surface area contributed by atoms with Crippen molar-refractivity contribution in [3.63, 3.8) is 0 Å². The molecule has 43 heteroatoms. The van der Waals surface area contributed by atoms with E-state index < -0.39 is 136 Å². The normalized spacial score (nSPS) is 21.0. The van der Waals surface area contributed by atoms with Crippen molar-refractivity contribution < 1.29 is 122 Å². The number of halogens is 5. The van der Waals surface area contributed by atoms with Gasteiger partial charge in [-0.1, -0.05) is 192 Å². The predicted octanol–water partition coefficient (Wildman–Crippen LogP) is 14.1. The lowest BCUT2D eigenvalue weighted by Gasteiger charge is -2.31. The fourth-order valence-electron chi connectivity index (χ4n) is 11.9. The highest BCUT2D eigenvalue weighted by Crippen LogP contribution is 2.53. The number of anilines is 1. The summed E-state index contributed by atoms with van der Waals surface area (Å²) in [5.74, 6) is -0.692. The molecule has 4 aromatic heterocycles. The van der Waals surface area contributed by atoms with Gasteiger partial charge in [0.05, 0.1) is 57.6 Å². The molecule has 0 aliphatic carbocycles. The predicted molar refractivity (Wildman–Crippen MR) is 454 cm³/mol. The Morgan fingerprint density at radius 2 is 0.950 bits per heavy atom. The molecule has 0 amide bonds. The van der Waals surface area contributed by atoms with Crippen LogP contribution in [0.2, 0.25) is 0 Å². The van der Waals surface area contributed by atoms with Crippen molar-refractivity contribution in [3.05, 3.63) is 222 Å². The van der Waals surface area contributed by atoms with Crippen LogP contribution in [0.5, 0.6) is 11.5 Å². The first-order chi connectivity index (χ1) is 57.5. The molecule has 0 spiro atoms. The average molecular weight is 2000 g/mol. The Morgan fingerprint density at radius 1 is 0.567 bits per heavy atom. The van der Waals surface area contributed by atoms with E-state index in [9.17, 15) is 61.9 Å². The van der Waals surface area contributed by atoms with Gasteiger partial charge in [-0.2, -0.15) is 20.4 Å². The first-order valence-corrected chi connectivity index (χ1v) is 50.6. The van der Waals surface area contributed by atoms with Crippen LogP contribution in [0.15, 0.2) is 189 Å². The minimum atomic E-state index is -4.53. The van der Waals surface area contributed by atoms with Crippen LogP contribution in [0.1, 0.15) is 108 Å². The Labute approximate surface area is 720 Å². The molecule has 1 unspecified atom stereocenters. The van der Waals surface area contributed by atoms with Gasteiger partial charge < -0.3 is 59.0 Å². The number of phosphoric ester groups is 2. The molecular weight excluding hydrogens is 1900 g/mol. The van der Waals surface area contributed by atoms with E-state index in [0.29, 0.717) is 11.1 Å². The molecular formula is C77H99ClF2I2N10O24P4. The number of para-hydroxylation sites is 2. The zero-order valence-electron chi connectivity index (χ0n) is 66.2. The lowest BCUT2D eigenvalue weighted by Crippen LogP contribution is -2.49. The van der Waals surface area contributed by atoms with E-state index in [4.69, 9.17) is 82.4 Å². The number of aliphatic hydroxyl groups is 4. The molecule has 6 heterocycles. The SMILES string of the molecule is CCC(CC)COC(=O)[C@H](C)N[P@](=O)(OC[C@@]1(CF)O[C@@H](c2ccc3c(=N)n(COP(=O)(O)OCc4ccccc4)cnn23)[C@H](O)[C@@H]1O)Oc1ccccc1.CCC(CC)COC(=O)[C@H](C)N[P@](=O)(OC[C@@]1(CF)O[C@@H](c2ccc3c(N)ncnn23)[C@H](O)[C@@H]1O)Oc1ccccc1.II.O=P(OCCl)(OCc1ccccc1)OCc1ccccc1. The van der Waals surface area contributed by atoms with Crippen LogP contribution in [0.3, 0.4) is 0 Å². The third-order valence-electron chi connectivity index (χ3n) is 19.1. The van der Waals surface area contributed by atoms with E-state index in [1.807, 2.05) is 88.4 Å². The maximum atomic E-state index is 15.0. The number of alkyl halides is 3. The summed E-state index contributed by atoms with van der Waals surface area (Å²) in [5, 5.41) is 66.2. The highest BCUT2D eigenvalue weighted by atomic mass is 128. The number of phosphoric acid groups is 2. The number of rotatable bonds is 42. The highest BCUT2D eigenvalue weighted by molar-refractivity contribution is 15.0. The van der Waals surface area contributed by atoms with Crippen LogP contribution >= 0.6 is 80.0 Å². The molecule has 2 aliphatic heterocycles. The number of nitrogens with zero attached hydrogens (tertiary/aromatic N) is 6. The summed E-state index contributed by atoms with van der Waals surface area (Å²) in [7, 11) is -17.2. The summed E-state index contributed by atoms with van der Waals surface area (Å²) in [5.41, 5.74) is 4.56. The van der Waals surface area contributed by atoms with E-state index in [-0.39, 0.29) is 90.6 Å². The molecule has 0 bridgehead atoms. The zero-order chi connectivity index (χ0) is 87.3. The molecule has 0 saturated carbocycles. The van der Waals surface area contributed by atoms with Crippen molar-refractivity contribution in [2.45, 2.75) is 154 Å². The molecule has 0 radical (unpaired) electrons. The number of aromatic nitrogens is 6. The van der Waals surface area contributed by atoms with Crippen LogP contribution in [0.4, 0.5) is 14.6 Å². The van der Waals surface area contributed by atoms with E-state index in [1.165, 1.54) is 65.6 Å². The Balaban J connectivity index is 0.000000242. The van der Waals surface area contributed by atoms with Gasteiger partial charge in [-0.25, -0.2) is 41.1 Å². The number of carbonyl (C=O) groups is 2. The molecule has 2 fully saturated rings. The van der Waals surface area contributed by atoms with E-state index in [2.05, 4.69) is 62.6 Å². The van der Waals surface area contributed by atoms with Crippen molar-refractivity contribution in [2.75, 3.05) is 51.6 Å². The fourth-order valence-corrected chi connectivity index (χ4v) is 17.0. The van der Waals surface area contributed by atoms with Crippen molar-refractivity contribution in [1.82, 2.24) is 39.0 Å². The van der Waals surface area contributed by atoms with Crippen LogP contribution in [-0.2, 0) is 105 Å². The van der Waals surface area contributed by atoms with E-state index >= 15 is 0 Å². The molecule has 5 aromatic carbocycles. The molecule has 2 saturated heterocycles. The van der Waals surface area contributed by atoms with E-state index in [1.54, 1.807) is 78.9 Å². The van der Waals surface area contributed by atoms with Gasteiger partial charge >= 0.3 is 43.1 Å². The largest absolute Gasteiger partial charge is 0.476 e. The number of nitrogens with two attached hydrogens (primary N) is 1. The summed E-state index contributed by atoms with van der Waals surface area (Å²) in [6.07, 6.45) is -4.22. The number of nitrogens with one attached hydrogen (secondary N) is 3. The summed E-state index contributed by atoms with van der Waals surface area (Å²) >= 11 is 9.73. The number of aliphatic hydroxyl groups excluding tert-OH is 4. The Kier molecular flexibility index (Phi) is 39.1. The molecule has 2 aliphatic rings. The van der Waals surface area contributed by atoms with Crippen LogP contribution in [-0.4, -0.2) is 160 Å². The molecule has 13 atom stereocenters. The van der Waals surface area contributed by atoms with Crippen molar-refractivity contribution in [3.8, 4) is 11.5 Å². The molecule has 34 nitrogen and oxygen atoms in total. The topological polar surface area (TPSA) is 450 Å². The molecule has 120 heavy (non-hydrogen) atoms. The minimum absolute atomic E-state index is 0.0945. The fraction of sp³-hybridized carbons (Fsp3) is 0.429. The summed E-state index contributed by atoms with van der Waals surface area (Å²) in [4.78, 5) is 39.6. The first-order valence-electron chi connectivity index (χ1n) is 37.8. The number of hydrogen-bond donors (Lipinski definition) is 9. The van der Waals surface area contributed by atoms with Gasteiger partial charge in [-0.3, -0.25) is 51.2 Å². The summed E-state index contributed by atoms with van der Waals surface area (Å²) in [6.45, 7) is 6.13. The third kappa shape index (κ3) is 27.4. The van der Waals surface area contributed by atoms with Gasteiger partial charge in [0.2, 0.25) is 0 Å². The number of esters is 2. The maximum Gasteiger partial charge on any atom is 0.476 e. The number of hydrogen-bond acceptors (Lipinski definition) is 28. The maximum absolute atomic E-state index is 15.0. The van der Waals surface area contributed by atoms with Gasteiger partial charge in [0, 0.05) is 37.2 Å². The number of benzene rings is 5. The summed E-state index contributed by atoms with van der Waals surface area (Å²) < 4.78 is 157. The molecule has 10 N–H and O–H groups in total. The quantitative estimate of drug-likeness (QED) is 0.00742. The Bertz CT molecular complexity index is 4880. The average Bonchev–Trinajstić information content (AvgIpc) is 1.60. The van der Waals surface area contributed by atoms with Crippen LogP contribution in [0.25, 0.3) is 11.0 Å². The monoisotopic (exact) mass is 2000 g/mol. The Morgan fingerprint density at radius 3 is 1.34 bits per heavy atom. The van der Waals surface area contributed by atoms with Gasteiger partial charge in [-0.15, -0.1) is 0 Å². The highest BCUT2D eigenvalue weighted by Gasteiger charge is 2.59. The number of nitrogen functional groups attached to an aromatic ring is 1. The molecule has 656 valence electrons. The Hall–Kier alpha value is -6.63. The van der Waals surface area contributed by atoms with Gasteiger partial charge in [0.1, 0.15) is 121 Å².